The first-order valence-electron chi connectivity index (χ1n) is 12.0. The number of aromatic nitrogens is 2. The summed E-state index contributed by atoms with van der Waals surface area (Å²) < 4.78 is 21.1. The zero-order chi connectivity index (χ0) is 28.5. The molecule has 0 spiro atoms. The molecule has 1 aromatic heterocycles. The van der Waals surface area contributed by atoms with Crippen molar-refractivity contribution in [3.8, 4) is 23.0 Å². The Morgan fingerprint density at radius 1 is 0.625 bits per heavy atom. The lowest BCUT2D eigenvalue weighted by atomic mass is 10.2. The lowest BCUT2D eigenvalue weighted by molar-refractivity contribution is -0.114. The molecule has 12 heteroatoms. The number of rotatable bonds is 12. The molecule has 0 bridgehead atoms. The van der Waals surface area contributed by atoms with Crippen LogP contribution in [0.1, 0.15) is 0 Å². The number of anilines is 2. The van der Waals surface area contributed by atoms with Crippen LogP contribution in [0.4, 0.5) is 11.4 Å². The van der Waals surface area contributed by atoms with Crippen LogP contribution in [0.25, 0.3) is 11.0 Å². The predicted molar refractivity (Wildman–Crippen MR) is 157 cm³/mol. The molecule has 0 radical (unpaired) electrons. The lowest BCUT2D eigenvalue weighted by Gasteiger charge is -2.12. The number of benzene rings is 3. The minimum absolute atomic E-state index is 0.0900. The van der Waals surface area contributed by atoms with E-state index >= 15 is 0 Å². The molecule has 3 aromatic carbocycles. The SMILES string of the molecule is COc1ccc(NC(=O)CSc2nc3ccccc3nc2SCC(=O)Nc2ccc(OC)c(OC)c2)cc1OC. The second-order valence-corrected chi connectivity index (χ2v) is 10.1. The molecular formula is C28H28N4O6S2. The molecule has 1 heterocycles. The quantitative estimate of drug-likeness (QED) is 0.218. The van der Waals surface area contributed by atoms with Crippen LogP contribution in [0.15, 0.2) is 70.7 Å². The minimum Gasteiger partial charge on any atom is -0.493 e. The molecule has 0 fully saturated rings. The van der Waals surface area contributed by atoms with Gasteiger partial charge in [0.05, 0.1) is 51.0 Å². The number of carbonyl (C=O) groups is 2. The number of para-hydroxylation sites is 2. The van der Waals surface area contributed by atoms with Crippen molar-refractivity contribution >= 4 is 57.7 Å². The fourth-order valence-corrected chi connectivity index (χ4v) is 5.34. The Hall–Kier alpha value is -4.16. The average molecular weight is 581 g/mol. The van der Waals surface area contributed by atoms with Gasteiger partial charge < -0.3 is 29.6 Å². The number of nitrogens with one attached hydrogen (secondary N) is 2. The molecule has 40 heavy (non-hydrogen) atoms. The molecule has 208 valence electrons. The van der Waals surface area contributed by atoms with Crippen LogP contribution in [0.3, 0.4) is 0 Å². The van der Waals surface area contributed by atoms with Gasteiger partial charge in [-0.2, -0.15) is 0 Å². The molecule has 2 N–H and O–H groups in total. The largest absolute Gasteiger partial charge is 0.493 e. The summed E-state index contributed by atoms with van der Waals surface area (Å²) in [6, 6.07) is 17.7. The highest BCUT2D eigenvalue weighted by molar-refractivity contribution is 8.02. The summed E-state index contributed by atoms with van der Waals surface area (Å²) in [6.45, 7) is 0. The smallest absolute Gasteiger partial charge is 0.234 e. The van der Waals surface area contributed by atoms with Gasteiger partial charge in [0.25, 0.3) is 0 Å². The third kappa shape index (κ3) is 7.27. The van der Waals surface area contributed by atoms with Crippen molar-refractivity contribution in [3.63, 3.8) is 0 Å². The normalized spacial score (nSPS) is 10.6. The lowest BCUT2D eigenvalue weighted by Crippen LogP contribution is -2.15. The van der Waals surface area contributed by atoms with Crippen LogP contribution in [0.2, 0.25) is 0 Å². The van der Waals surface area contributed by atoms with Gasteiger partial charge in [0, 0.05) is 23.5 Å². The molecule has 0 aliphatic heterocycles. The Morgan fingerprint density at radius 3 is 1.40 bits per heavy atom. The number of ether oxygens (including phenoxy) is 4. The van der Waals surface area contributed by atoms with Crippen molar-refractivity contribution in [1.29, 1.82) is 0 Å². The number of hydrogen-bond donors (Lipinski definition) is 2. The molecule has 0 aliphatic rings. The van der Waals surface area contributed by atoms with Gasteiger partial charge in [0.1, 0.15) is 10.1 Å². The van der Waals surface area contributed by atoms with Gasteiger partial charge in [-0.05, 0) is 36.4 Å². The third-order valence-electron chi connectivity index (χ3n) is 5.52. The van der Waals surface area contributed by atoms with Crippen molar-refractivity contribution in [2.75, 3.05) is 50.6 Å². The van der Waals surface area contributed by atoms with E-state index < -0.39 is 0 Å². The molecule has 4 aromatic rings. The summed E-state index contributed by atoms with van der Waals surface area (Å²) in [5.41, 5.74) is 2.55. The second kappa shape index (κ2) is 13.8. The Labute approximate surface area is 240 Å². The number of thioether (sulfide) groups is 2. The Bertz CT molecular complexity index is 1410. The van der Waals surface area contributed by atoms with Gasteiger partial charge in [-0.25, -0.2) is 9.97 Å². The Kier molecular flexibility index (Phi) is 9.92. The number of hydrogen-bond acceptors (Lipinski definition) is 10. The number of fused-ring (bicyclic) bond motifs is 1. The van der Waals surface area contributed by atoms with Gasteiger partial charge in [-0.1, -0.05) is 35.7 Å². The average Bonchev–Trinajstić information content (AvgIpc) is 2.98. The molecule has 2 amide bonds. The minimum atomic E-state index is -0.227. The van der Waals surface area contributed by atoms with E-state index in [2.05, 4.69) is 10.6 Å². The van der Waals surface area contributed by atoms with Crippen LogP contribution < -0.4 is 29.6 Å². The van der Waals surface area contributed by atoms with Crippen LogP contribution in [0.5, 0.6) is 23.0 Å². The third-order valence-corrected chi connectivity index (χ3v) is 7.58. The summed E-state index contributed by atoms with van der Waals surface area (Å²) in [4.78, 5) is 34.9. The highest BCUT2D eigenvalue weighted by Crippen LogP contribution is 2.33. The summed E-state index contributed by atoms with van der Waals surface area (Å²) in [5.74, 6) is 1.89. The summed E-state index contributed by atoms with van der Waals surface area (Å²) in [7, 11) is 6.16. The number of amides is 2. The highest BCUT2D eigenvalue weighted by Gasteiger charge is 2.16. The van der Waals surface area contributed by atoms with Crippen LogP contribution >= 0.6 is 23.5 Å². The fraction of sp³-hybridized carbons (Fsp3) is 0.214. The van der Waals surface area contributed by atoms with Gasteiger partial charge in [-0.3, -0.25) is 9.59 Å². The maximum absolute atomic E-state index is 12.7. The zero-order valence-electron chi connectivity index (χ0n) is 22.3. The first-order valence-corrected chi connectivity index (χ1v) is 14.0. The van der Waals surface area contributed by atoms with E-state index in [-0.39, 0.29) is 23.3 Å². The molecule has 0 unspecified atom stereocenters. The Morgan fingerprint density at radius 2 is 1.02 bits per heavy atom. The van der Waals surface area contributed by atoms with Crippen LogP contribution in [-0.4, -0.2) is 61.7 Å². The van der Waals surface area contributed by atoms with Gasteiger partial charge in [-0.15, -0.1) is 0 Å². The maximum Gasteiger partial charge on any atom is 0.234 e. The van der Waals surface area contributed by atoms with Crippen LogP contribution in [0, 0.1) is 0 Å². The summed E-state index contributed by atoms with van der Waals surface area (Å²) >= 11 is 2.49. The van der Waals surface area contributed by atoms with Crippen molar-refractivity contribution in [2.45, 2.75) is 10.1 Å². The molecule has 0 atom stereocenters. The number of methoxy groups -OCH3 is 4. The maximum atomic E-state index is 12.7. The predicted octanol–water partition coefficient (Wildman–Crippen LogP) is 5.13. The number of nitrogens with zero attached hydrogens (tertiary/aromatic N) is 2. The summed E-state index contributed by atoms with van der Waals surface area (Å²) in [6.07, 6.45) is 0. The van der Waals surface area contributed by atoms with Gasteiger partial charge >= 0.3 is 0 Å². The molecule has 0 aliphatic carbocycles. The molecule has 10 nitrogen and oxygen atoms in total. The fourth-order valence-electron chi connectivity index (χ4n) is 3.65. The van der Waals surface area contributed by atoms with E-state index in [4.69, 9.17) is 28.9 Å². The molecule has 0 saturated carbocycles. The van der Waals surface area contributed by atoms with E-state index in [0.717, 1.165) is 0 Å². The number of carbonyl (C=O) groups excluding carboxylic acids is 2. The first kappa shape index (κ1) is 28.8. The van der Waals surface area contributed by atoms with Crippen molar-refractivity contribution in [1.82, 2.24) is 9.97 Å². The highest BCUT2D eigenvalue weighted by atomic mass is 32.2. The van der Waals surface area contributed by atoms with Gasteiger partial charge in [0.15, 0.2) is 23.0 Å². The van der Waals surface area contributed by atoms with Crippen molar-refractivity contribution < 1.29 is 28.5 Å². The molecule has 4 rings (SSSR count). The van der Waals surface area contributed by atoms with E-state index in [9.17, 15) is 9.59 Å². The van der Waals surface area contributed by atoms with Gasteiger partial charge in [0.2, 0.25) is 11.8 Å². The van der Waals surface area contributed by atoms with Crippen molar-refractivity contribution in [3.05, 3.63) is 60.7 Å². The Balaban J connectivity index is 1.44. The zero-order valence-corrected chi connectivity index (χ0v) is 24.0. The second-order valence-electron chi connectivity index (χ2n) is 8.14. The summed E-state index contributed by atoms with van der Waals surface area (Å²) in [5, 5.41) is 6.83. The first-order chi connectivity index (χ1) is 19.4. The molecule has 0 saturated heterocycles. The van der Waals surface area contributed by atoms with E-state index in [1.54, 1.807) is 50.6 Å². The van der Waals surface area contributed by atoms with Crippen molar-refractivity contribution in [2.24, 2.45) is 0 Å². The van der Waals surface area contributed by atoms with Crippen LogP contribution in [-0.2, 0) is 9.59 Å². The standard InChI is InChI=1S/C28H28N4O6S2/c1-35-21-11-9-17(13-23(21)37-3)29-25(33)15-39-27-28(32-20-8-6-5-7-19(20)31-27)40-16-26(34)30-18-10-12-22(36-2)24(14-18)38-4/h5-14H,15-16H2,1-4H3,(H,29,33)(H,30,34). The topological polar surface area (TPSA) is 121 Å². The monoisotopic (exact) mass is 580 g/mol. The van der Waals surface area contributed by atoms with E-state index in [1.165, 1.54) is 37.7 Å². The van der Waals surface area contributed by atoms with E-state index in [1.807, 2.05) is 24.3 Å². The van der Waals surface area contributed by atoms with E-state index in [0.29, 0.717) is 55.5 Å². The molecular weight excluding hydrogens is 552 g/mol.